The van der Waals surface area contributed by atoms with Gasteiger partial charge >= 0.3 is 0 Å². The number of ether oxygens (including phenoxy) is 1. The van der Waals surface area contributed by atoms with Gasteiger partial charge in [-0.1, -0.05) is 54.9 Å². The first-order valence-corrected chi connectivity index (χ1v) is 11.4. The van der Waals surface area contributed by atoms with Crippen molar-refractivity contribution in [2.45, 2.75) is 45.8 Å². The zero-order valence-electron chi connectivity index (χ0n) is 19.0. The summed E-state index contributed by atoms with van der Waals surface area (Å²) in [7, 11) is 1.70. The number of nitrogens with one attached hydrogen (secondary N) is 1. The van der Waals surface area contributed by atoms with E-state index < -0.39 is 0 Å². The molecule has 0 fully saturated rings. The highest BCUT2D eigenvalue weighted by Gasteiger charge is 2.07. The van der Waals surface area contributed by atoms with E-state index in [9.17, 15) is 4.79 Å². The fourth-order valence-electron chi connectivity index (χ4n) is 3.35. The third-order valence-electron chi connectivity index (χ3n) is 5.60. The fraction of sp³-hybridized carbons (Fsp3) is 0.296. The summed E-state index contributed by atoms with van der Waals surface area (Å²) in [6, 6.07) is 18.0. The molecule has 0 saturated heterocycles. The smallest absolute Gasteiger partial charge is 0.251 e. The zero-order valence-corrected chi connectivity index (χ0v) is 19.7. The van der Waals surface area contributed by atoms with E-state index in [0.717, 1.165) is 47.4 Å². The van der Waals surface area contributed by atoms with Crippen LogP contribution in [-0.4, -0.2) is 17.7 Å². The fourth-order valence-corrected chi connectivity index (χ4v) is 3.47. The predicted molar refractivity (Wildman–Crippen MR) is 134 cm³/mol. The summed E-state index contributed by atoms with van der Waals surface area (Å²) in [6.07, 6.45) is 7.61. The van der Waals surface area contributed by atoms with Crippen LogP contribution in [0.1, 0.15) is 42.5 Å². The number of aromatic nitrogens is 1. The summed E-state index contributed by atoms with van der Waals surface area (Å²) in [5.41, 5.74) is 4.19. The number of methoxy groups -OCH3 is 1. The quantitative estimate of drug-likeness (QED) is 0.423. The summed E-state index contributed by atoms with van der Waals surface area (Å²) in [5, 5.41) is 4.21. The minimum atomic E-state index is -0.00963. The summed E-state index contributed by atoms with van der Waals surface area (Å²) >= 11 is 5.92. The third-order valence-corrected chi connectivity index (χ3v) is 5.86. The molecule has 3 rings (SSSR count). The molecule has 1 atom stereocenters. The van der Waals surface area contributed by atoms with E-state index in [2.05, 4.69) is 37.4 Å². The highest BCUT2D eigenvalue weighted by Crippen LogP contribution is 2.21. The standard InChI is InChI=1S/C27H31ClN2O2/c1-4-20(2)29-19-24-10-7-22(17-26(24)32-3)13-15-30-16-14-23(18-27(30)31)6-5-21-8-11-25(28)12-9-21/h5-12,14,16-18,20,29H,4,13,15,19H2,1-3H3/t20-/m0/s1. The van der Waals surface area contributed by atoms with Gasteiger partial charge in [0.25, 0.3) is 5.56 Å². The Labute approximate surface area is 195 Å². The second kappa shape index (κ2) is 11.7. The highest BCUT2D eigenvalue weighted by molar-refractivity contribution is 6.30. The number of aryl methyl sites for hydroxylation is 2. The highest BCUT2D eigenvalue weighted by atomic mass is 35.5. The molecule has 1 N–H and O–H groups in total. The van der Waals surface area contributed by atoms with Crippen molar-refractivity contribution in [1.82, 2.24) is 9.88 Å². The molecule has 32 heavy (non-hydrogen) atoms. The van der Waals surface area contributed by atoms with Gasteiger partial charge in [-0.05, 0) is 60.7 Å². The van der Waals surface area contributed by atoms with E-state index in [4.69, 9.17) is 16.3 Å². The lowest BCUT2D eigenvalue weighted by Crippen LogP contribution is -2.24. The Kier molecular flexibility index (Phi) is 8.72. The van der Waals surface area contributed by atoms with Crippen molar-refractivity contribution in [1.29, 1.82) is 0 Å². The van der Waals surface area contributed by atoms with Gasteiger partial charge in [0.2, 0.25) is 0 Å². The van der Waals surface area contributed by atoms with Gasteiger partial charge in [-0.2, -0.15) is 0 Å². The number of rotatable bonds is 10. The van der Waals surface area contributed by atoms with Crippen molar-refractivity contribution in [2.24, 2.45) is 0 Å². The van der Waals surface area contributed by atoms with Crippen LogP contribution in [0.25, 0.3) is 12.2 Å². The summed E-state index contributed by atoms with van der Waals surface area (Å²) in [5.74, 6) is 0.883. The molecule has 0 aliphatic carbocycles. The lowest BCUT2D eigenvalue weighted by molar-refractivity contribution is 0.404. The number of pyridine rings is 1. The first kappa shape index (κ1) is 23.8. The van der Waals surface area contributed by atoms with E-state index in [1.54, 1.807) is 17.7 Å². The molecule has 0 amide bonds. The van der Waals surface area contributed by atoms with E-state index in [0.29, 0.717) is 17.6 Å². The maximum Gasteiger partial charge on any atom is 0.251 e. The maximum absolute atomic E-state index is 12.6. The number of nitrogens with zero attached hydrogens (tertiary/aromatic N) is 1. The van der Waals surface area contributed by atoms with Crippen LogP contribution in [0.15, 0.2) is 65.6 Å². The second-order valence-corrected chi connectivity index (χ2v) is 8.40. The number of hydrogen-bond acceptors (Lipinski definition) is 3. The van der Waals surface area contributed by atoms with Gasteiger partial charge in [0.15, 0.2) is 0 Å². The van der Waals surface area contributed by atoms with Crippen molar-refractivity contribution < 1.29 is 4.74 Å². The molecule has 4 nitrogen and oxygen atoms in total. The monoisotopic (exact) mass is 450 g/mol. The van der Waals surface area contributed by atoms with Gasteiger partial charge in [-0.3, -0.25) is 4.79 Å². The topological polar surface area (TPSA) is 43.3 Å². The van der Waals surface area contributed by atoms with E-state index >= 15 is 0 Å². The lowest BCUT2D eigenvalue weighted by Gasteiger charge is -2.15. The molecular weight excluding hydrogens is 420 g/mol. The van der Waals surface area contributed by atoms with Crippen LogP contribution < -0.4 is 15.6 Å². The Bertz CT molecular complexity index is 1100. The molecule has 3 aromatic rings. The summed E-state index contributed by atoms with van der Waals surface area (Å²) in [4.78, 5) is 12.6. The van der Waals surface area contributed by atoms with Crippen LogP contribution >= 0.6 is 11.6 Å². The first-order valence-electron chi connectivity index (χ1n) is 11.0. The molecule has 0 unspecified atom stereocenters. The molecule has 168 valence electrons. The summed E-state index contributed by atoms with van der Waals surface area (Å²) < 4.78 is 7.33. The van der Waals surface area contributed by atoms with Crippen LogP contribution in [0.4, 0.5) is 0 Å². The average Bonchev–Trinajstić information content (AvgIpc) is 2.81. The van der Waals surface area contributed by atoms with Gasteiger partial charge in [0.05, 0.1) is 7.11 Å². The molecule has 0 radical (unpaired) electrons. The Morgan fingerprint density at radius 3 is 2.50 bits per heavy atom. The third kappa shape index (κ3) is 6.84. The van der Waals surface area contributed by atoms with Crippen LogP contribution in [0.2, 0.25) is 5.02 Å². The van der Waals surface area contributed by atoms with Crippen molar-refractivity contribution in [2.75, 3.05) is 7.11 Å². The summed E-state index contributed by atoms with van der Waals surface area (Å²) in [6.45, 7) is 5.75. The molecule has 1 aromatic heterocycles. The van der Waals surface area contributed by atoms with Crippen LogP contribution in [0, 0.1) is 0 Å². The predicted octanol–water partition coefficient (Wildman–Crippen LogP) is 5.81. The molecule has 0 bridgehead atoms. The first-order chi connectivity index (χ1) is 15.5. The van der Waals surface area contributed by atoms with Crippen LogP contribution in [0.5, 0.6) is 5.75 Å². The molecular formula is C27H31ClN2O2. The van der Waals surface area contributed by atoms with Gasteiger partial charge in [0, 0.05) is 42.0 Å². The van der Waals surface area contributed by atoms with E-state index in [1.165, 1.54) is 0 Å². The van der Waals surface area contributed by atoms with E-state index in [1.807, 2.05) is 48.7 Å². The Morgan fingerprint density at radius 1 is 1.06 bits per heavy atom. The normalized spacial score (nSPS) is 12.2. The second-order valence-electron chi connectivity index (χ2n) is 7.96. The Hall–Kier alpha value is -2.82. The Morgan fingerprint density at radius 2 is 1.81 bits per heavy atom. The zero-order chi connectivity index (χ0) is 22.9. The van der Waals surface area contributed by atoms with Gasteiger partial charge in [-0.25, -0.2) is 0 Å². The number of hydrogen-bond donors (Lipinski definition) is 1. The molecule has 0 aliphatic heterocycles. The molecule has 0 saturated carbocycles. The molecule has 1 heterocycles. The molecule has 0 spiro atoms. The van der Waals surface area contributed by atoms with Crippen molar-refractivity contribution in [3.63, 3.8) is 0 Å². The van der Waals surface area contributed by atoms with Crippen LogP contribution in [0.3, 0.4) is 0 Å². The average molecular weight is 451 g/mol. The van der Waals surface area contributed by atoms with Gasteiger partial charge < -0.3 is 14.6 Å². The largest absolute Gasteiger partial charge is 0.496 e. The van der Waals surface area contributed by atoms with Crippen molar-refractivity contribution in [3.05, 3.63) is 98.4 Å². The Balaban J connectivity index is 1.62. The number of halogens is 1. The van der Waals surface area contributed by atoms with Gasteiger partial charge in [0.1, 0.15) is 5.75 Å². The molecule has 2 aromatic carbocycles. The minimum Gasteiger partial charge on any atom is -0.496 e. The number of benzene rings is 2. The van der Waals surface area contributed by atoms with Gasteiger partial charge in [-0.15, -0.1) is 0 Å². The van der Waals surface area contributed by atoms with E-state index in [-0.39, 0.29) is 5.56 Å². The van der Waals surface area contributed by atoms with Crippen molar-refractivity contribution >= 4 is 23.8 Å². The maximum atomic E-state index is 12.6. The van der Waals surface area contributed by atoms with Crippen LogP contribution in [-0.2, 0) is 19.5 Å². The van der Waals surface area contributed by atoms with Crippen molar-refractivity contribution in [3.8, 4) is 5.75 Å². The molecule has 0 aliphatic rings. The lowest BCUT2D eigenvalue weighted by atomic mass is 10.1. The SMILES string of the molecule is CC[C@H](C)NCc1ccc(CCn2ccc(C=Cc3ccc(Cl)cc3)cc2=O)cc1OC. The molecule has 5 heteroatoms. The minimum absolute atomic E-state index is 0.00963.